The van der Waals surface area contributed by atoms with Crippen LogP contribution in [0, 0.1) is 0 Å². The van der Waals surface area contributed by atoms with Gasteiger partial charge in [0, 0.05) is 0 Å². The van der Waals surface area contributed by atoms with Crippen LogP contribution in [-0.2, 0) is 17.6 Å². The Morgan fingerprint density at radius 1 is 0.875 bits per heavy atom. The van der Waals surface area contributed by atoms with Gasteiger partial charge in [-0.2, -0.15) is 0 Å². The van der Waals surface area contributed by atoms with E-state index in [1.165, 1.54) is 5.56 Å². The maximum atomic E-state index is 11.8. The van der Waals surface area contributed by atoms with Gasteiger partial charge in [-0.3, -0.25) is 0 Å². The standard InChI is InChI=1S/C21H26O3/c1-2-3-14-19-15-7-8-16-20(19)24-21(22)23-17-10-9-13-18-11-5-4-6-12-18/h4-8,11-12,15-16H,2-3,9-10,13-14,17H2,1H3. The van der Waals surface area contributed by atoms with E-state index in [0.717, 1.165) is 44.1 Å². The quantitative estimate of drug-likeness (QED) is 0.343. The van der Waals surface area contributed by atoms with Crippen molar-refractivity contribution in [1.29, 1.82) is 0 Å². The molecule has 0 amide bonds. The molecule has 0 saturated carbocycles. The van der Waals surface area contributed by atoms with Gasteiger partial charge in [0.25, 0.3) is 0 Å². The molecule has 2 aromatic carbocycles. The first-order chi connectivity index (χ1) is 11.8. The number of hydrogen-bond acceptors (Lipinski definition) is 3. The highest BCUT2D eigenvalue weighted by atomic mass is 16.7. The molecule has 0 aliphatic rings. The maximum Gasteiger partial charge on any atom is 0.513 e. The predicted octanol–water partition coefficient (Wildman–Crippen LogP) is 5.57. The molecule has 0 aromatic heterocycles. The van der Waals surface area contributed by atoms with E-state index >= 15 is 0 Å². The van der Waals surface area contributed by atoms with Crippen LogP contribution in [-0.4, -0.2) is 12.8 Å². The van der Waals surface area contributed by atoms with Gasteiger partial charge in [0.05, 0.1) is 6.61 Å². The summed E-state index contributed by atoms with van der Waals surface area (Å²) in [6.45, 7) is 2.54. The Morgan fingerprint density at radius 3 is 2.42 bits per heavy atom. The van der Waals surface area contributed by atoms with E-state index in [1.807, 2.05) is 42.5 Å². The third-order valence-corrected chi connectivity index (χ3v) is 3.89. The molecule has 2 aromatic rings. The number of unbranched alkanes of at least 4 members (excludes halogenated alkanes) is 2. The molecular weight excluding hydrogens is 300 g/mol. The molecule has 0 fully saturated rings. The zero-order valence-electron chi connectivity index (χ0n) is 14.4. The van der Waals surface area contributed by atoms with Crippen LogP contribution in [0.15, 0.2) is 54.6 Å². The molecule has 0 aliphatic heterocycles. The second kappa shape index (κ2) is 10.5. The van der Waals surface area contributed by atoms with Crippen molar-refractivity contribution in [3.8, 4) is 5.75 Å². The van der Waals surface area contributed by atoms with Gasteiger partial charge in [-0.15, -0.1) is 0 Å². The number of carbonyl (C=O) groups excluding carboxylic acids is 1. The van der Waals surface area contributed by atoms with E-state index in [9.17, 15) is 4.79 Å². The Kier molecular flexibility index (Phi) is 7.88. The first kappa shape index (κ1) is 18.1. The molecule has 0 unspecified atom stereocenters. The van der Waals surface area contributed by atoms with Crippen LogP contribution in [0.5, 0.6) is 5.75 Å². The van der Waals surface area contributed by atoms with Crippen LogP contribution in [0.3, 0.4) is 0 Å². The van der Waals surface area contributed by atoms with Gasteiger partial charge < -0.3 is 9.47 Å². The number of benzene rings is 2. The number of rotatable bonds is 9. The molecule has 3 heteroatoms. The Hall–Kier alpha value is -2.29. The largest absolute Gasteiger partial charge is 0.513 e. The van der Waals surface area contributed by atoms with Gasteiger partial charge in [-0.1, -0.05) is 61.9 Å². The molecule has 24 heavy (non-hydrogen) atoms. The van der Waals surface area contributed by atoms with Gasteiger partial charge in [0.2, 0.25) is 0 Å². The van der Waals surface area contributed by atoms with Crippen LogP contribution in [0.4, 0.5) is 4.79 Å². The first-order valence-corrected chi connectivity index (χ1v) is 8.76. The minimum absolute atomic E-state index is 0.392. The highest BCUT2D eigenvalue weighted by Crippen LogP contribution is 2.20. The molecular formula is C21H26O3. The summed E-state index contributed by atoms with van der Waals surface area (Å²) in [6, 6.07) is 18.0. The van der Waals surface area contributed by atoms with Gasteiger partial charge in [0.15, 0.2) is 0 Å². The molecule has 2 rings (SSSR count). The average Bonchev–Trinajstić information content (AvgIpc) is 2.61. The van der Waals surface area contributed by atoms with Crippen LogP contribution < -0.4 is 4.74 Å². The lowest BCUT2D eigenvalue weighted by Gasteiger charge is -2.10. The summed E-state index contributed by atoms with van der Waals surface area (Å²) in [5.74, 6) is 0.611. The van der Waals surface area contributed by atoms with Gasteiger partial charge in [-0.05, 0) is 49.3 Å². The molecule has 0 bridgehead atoms. The Bertz CT molecular complexity index is 607. The Morgan fingerprint density at radius 2 is 1.62 bits per heavy atom. The van der Waals surface area contributed by atoms with E-state index in [0.29, 0.717) is 12.4 Å². The molecule has 0 atom stereocenters. The lowest BCUT2D eigenvalue weighted by molar-refractivity contribution is 0.0971. The molecule has 0 spiro atoms. The van der Waals surface area contributed by atoms with Crippen molar-refractivity contribution in [2.75, 3.05) is 6.61 Å². The summed E-state index contributed by atoms with van der Waals surface area (Å²) < 4.78 is 10.5. The number of carbonyl (C=O) groups is 1. The maximum absolute atomic E-state index is 11.8. The van der Waals surface area contributed by atoms with Crippen molar-refractivity contribution in [2.24, 2.45) is 0 Å². The topological polar surface area (TPSA) is 35.5 Å². The van der Waals surface area contributed by atoms with Crippen molar-refractivity contribution >= 4 is 6.16 Å². The van der Waals surface area contributed by atoms with Crippen LogP contribution in [0.2, 0.25) is 0 Å². The predicted molar refractivity (Wildman–Crippen MR) is 96.4 cm³/mol. The summed E-state index contributed by atoms with van der Waals surface area (Å²) in [6.07, 6.45) is 5.32. The highest BCUT2D eigenvalue weighted by molar-refractivity contribution is 5.64. The van der Waals surface area contributed by atoms with Crippen molar-refractivity contribution in [2.45, 2.75) is 45.4 Å². The fraction of sp³-hybridized carbons (Fsp3) is 0.381. The smallest absolute Gasteiger partial charge is 0.434 e. The van der Waals surface area contributed by atoms with Crippen LogP contribution in [0.1, 0.15) is 43.7 Å². The fourth-order valence-electron chi connectivity index (χ4n) is 2.53. The SMILES string of the molecule is CCCCc1ccccc1OC(=O)OCCCCc1ccccc1. The van der Waals surface area contributed by atoms with Crippen molar-refractivity contribution in [3.63, 3.8) is 0 Å². The minimum atomic E-state index is -0.612. The summed E-state index contributed by atoms with van der Waals surface area (Å²) in [5.41, 5.74) is 2.37. The summed E-state index contributed by atoms with van der Waals surface area (Å²) >= 11 is 0. The highest BCUT2D eigenvalue weighted by Gasteiger charge is 2.09. The third-order valence-electron chi connectivity index (χ3n) is 3.89. The molecule has 0 radical (unpaired) electrons. The van der Waals surface area contributed by atoms with E-state index in [4.69, 9.17) is 9.47 Å². The zero-order valence-corrected chi connectivity index (χ0v) is 14.4. The number of para-hydroxylation sites is 1. The first-order valence-electron chi connectivity index (χ1n) is 8.76. The lowest BCUT2D eigenvalue weighted by atomic mass is 10.1. The van der Waals surface area contributed by atoms with E-state index in [1.54, 1.807) is 0 Å². The van der Waals surface area contributed by atoms with Crippen LogP contribution >= 0.6 is 0 Å². The molecule has 128 valence electrons. The molecule has 0 saturated heterocycles. The third kappa shape index (κ3) is 6.45. The Balaban J connectivity index is 1.68. The molecule has 0 aliphatic carbocycles. The number of hydrogen-bond donors (Lipinski definition) is 0. The lowest BCUT2D eigenvalue weighted by Crippen LogP contribution is -2.12. The molecule has 0 heterocycles. The summed E-state index contributed by atoms with van der Waals surface area (Å²) in [7, 11) is 0. The average molecular weight is 326 g/mol. The van der Waals surface area contributed by atoms with Gasteiger partial charge in [-0.25, -0.2) is 4.79 Å². The summed E-state index contributed by atoms with van der Waals surface area (Å²) in [5, 5.41) is 0. The van der Waals surface area contributed by atoms with Crippen LogP contribution in [0.25, 0.3) is 0 Å². The van der Waals surface area contributed by atoms with E-state index in [2.05, 4.69) is 19.1 Å². The van der Waals surface area contributed by atoms with Gasteiger partial charge in [0.1, 0.15) is 5.75 Å². The van der Waals surface area contributed by atoms with E-state index in [-0.39, 0.29) is 0 Å². The molecule has 3 nitrogen and oxygen atoms in total. The normalized spacial score (nSPS) is 10.4. The van der Waals surface area contributed by atoms with Crippen molar-refractivity contribution in [3.05, 3.63) is 65.7 Å². The molecule has 0 N–H and O–H groups in total. The number of aryl methyl sites for hydroxylation is 2. The van der Waals surface area contributed by atoms with Crippen molar-refractivity contribution in [1.82, 2.24) is 0 Å². The van der Waals surface area contributed by atoms with E-state index < -0.39 is 6.16 Å². The fourth-order valence-corrected chi connectivity index (χ4v) is 2.53. The van der Waals surface area contributed by atoms with Crippen molar-refractivity contribution < 1.29 is 14.3 Å². The van der Waals surface area contributed by atoms with Gasteiger partial charge >= 0.3 is 6.16 Å². The second-order valence-corrected chi connectivity index (χ2v) is 5.85. The number of ether oxygens (including phenoxy) is 2. The summed E-state index contributed by atoms with van der Waals surface area (Å²) in [4.78, 5) is 11.8. The zero-order chi connectivity index (χ0) is 17.0. The monoisotopic (exact) mass is 326 g/mol. The minimum Gasteiger partial charge on any atom is -0.434 e. The second-order valence-electron chi connectivity index (χ2n) is 5.85. The Labute approximate surface area is 144 Å².